The number of nitrogens with two attached hydrogens (primary N) is 2. The quantitative estimate of drug-likeness (QED) is 0.692. The molecule has 1 heterocycles. The lowest BCUT2D eigenvalue weighted by atomic mass is 9.83. The number of aromatic nitrogens is 1. The van der Waals surface area contributed by atoms with Crippen molar-refractivity contribution in [3.8, 4) is 0 Å². The molecule has 0 saturated heterocycles. The molecule has 1 atom stereocenters. The Morgan fingerprint density at radius 1 is 1.50 bits per heavy atom. The van der Waals surface area contributed by atoms with Crippen LogP contribution in [0.15, 0.2) is 18.2 Å². The Morgan fingerprint density at radius 2 is 2.31 bits per heavy atom. The number of anilines is 1. The van der Waals surface area contributed by atoms with Crippen LogP contribution in [0, 0.1) is 0 Å². The lowest BCUT2D eigenvalue weighted by Gasteiger charge is -2.29. The molecule has 0 aromatic carbocycles. The fourth-order valence-electron chi connectivity index (χ4n) is 2.00. The highest BCUT2D eigenvalue weighted by Crippen LogP contribution is 2.25. The van der Waals surface area contributed by atoms with Crippen LogP contribution in [0.2, 0.25) is 0 Å². The lowest BCUT2D eigenvalue weighted by molar-refractivity contribution is 0.469. The molecule has 0 radical (unpaired) electrons. The minimum Gasteiger partial charge on any atom is -0.384 e. The molecule has 0 aliphatic heterocycles. The summed E-state index contributed by atoms with van der Waals surface area (Å²) >= 11 is 0. The van der Waals surface area contributed by atoms with Gasteiger partial charge in [-0.3, -0.25) is 0 Å². The van der Waals surface area contributed by atoms with Gasteiger partial charge in [-0.25, -0.2) is 4.98 Å². The van der Waals surface area contributed by atoms with Crippen molar-refractivity contribution in [1.29, 1.82) is 0 Å². The van der Waals surface area contributed by atoms with Crippen molar-refractivity contribution in [2.24, 2.45) is 5.73 Å². The molecule has 0 fully saturated rings. The number of hydrogen-bond donors (Lipinski definition) is 3. The summed E-state index contributed by atoms with van der Waals surface area (Å²) in [6, 6.07) is 3.85. The molecule has 1 aliphatic rings. The zero-order chi connectivity index (χ0) is 11.6. The van der Waals surface area contributed by atoms with E-state index in [-0.39, 0.29) is 5.54 Å². The van der Waals surface area contributed by atoms with E-state index in [2.05, 4.69) is 10.3 Å². The Morgan fingerprint density at radius 3 is 3.06 bits per heavy atom. The molecule has 86 valence electrons. The van der Waals surface area contributed by atoms with Crippen molar-refractivity contribution in [3.05, 3.63) is 29.5 Å². The minimum absolute atomic E-state index is 0.256. The van der Waals surface area contributed by atoms with Crippen LogP contribution in [-0.2, 0) is 6.42 Å². The number of nitrogens with one attached hydrogen (secondary N) is 1. The predicted octanol–water partition coefficient (Wildman–Crippen LogP) is 0.540. The van der Waals surface area contributed by atoms with Gasteiger partial charge in [0.05, 0.1) is 5.69 Å². The molecule has 4 heteroatoms. The smallest absolute Gasteiger partial charge is 0.124 e. The number of fused-ring (bicyclic) bond motifs is 1. The average Bonchev–Trinajstić information content (AvgIpc) is 2.27. The van der Waals surface area contributed by atoms with E-state index in [4.69, 9.17) is 11.5 Å². The molecule has 1 unspecified atom stereocenters. The summed E-state index contributed by atoms with van der Waals surface area (Å²) in [5, 5.41) is 3.12. The first kappa shape index (κ1) is 11.1. The van der Waals surface area contributed by atoms with Crippen LogP contribution in [-0.4, -0.2) is 24.1 Å². The maximum atomic E-state index is 6.31. The van der Waals surface area contributed by atoms with E-state index in [9.17, 15) is 0 Å². The zero-order valence-electron chi connectivity index (χ0n) is 9.53. The van der Waals surface area contributed by atoms with Crippen LogP contribution >= 0.6 is 0 Å². The van der Waals surface area contributed by atoms with Crippen molar-refractivity contribution >= 4 is 11.9 Å². The Hall–Kier alpha value is -1.39. The van der Waals surface area contributed by atoms with Crippen LogP contribution in [0.25, 0.3) is 6.08 Å². The number of hydrogen-bond acceptors (Lipinski definition) is 4. The Kier molecular flexibility index (Phi) is 2.94. The Balaban J connectivity index is 2.21. The molecule has 0 saturated carbocycles. The van der Waals surface area contributed by atoms with Gasteiger partial charge in [0.15, 0.2) is 0 Å². The van der Waals surface area contributed by atoms with Gasteiger partial charge < -0.3 is 16.8 Å². The van der Waals surface area contributed by atoms with E-state index in [1.807, 2.05) is 31.3 Å². The first-order valence-corrected chi connectivity index (χ1v) is 5.51. The summed E-state index contributed by atoms with van der Waals surface area (Å²) < 4.78 is 0. The third-order valence-corrected chi connectivity index (χ3v) is 2.97. The predicted molar refractivity (Wildman–Crippen MR) is 66.8 cm³/mol. The van der Waals surface area contributed by atoms with Crippen molar-refractivity contribution in [1.82, 2.24) is 10.3 Å². The van der Waals surface area contributed by atoms with E-state index in [1.165, 1.54) is 5.56 Å². The second kappa shape index (κ2) is 4.23. The van der Waals surface area contributed by atoms with Crippen molar-refractivity contribution in [3.63, 3.8) is 0 Å². The van der Waals surface area contributed by atoms with Crippen LogP contribution in [0.4, 0.5) is 5.82 Å². The summed E-state index contributed by atoms with van der Waals surface area (Å²) in [7, 11) is 1.94. The van der Waals surface area contributed by atoms with Gasteiger partial charge in [0.1, 0.15) is 5.82 Å². The van der Waals surface area contributed by atoms with Crippen LogP contribution in [0.3, 0.4) is 0 Å². The molecule has 0 amide bonds. The average molecular weight is 218 g/mol. The van der Waals surface area contributed by atoms with Gasteiger partial charge in [0.2, 0.25) is 0 Å². The van der Waals surface area contributed by atoms with Gasteiger partial charge in [0, 0.05) is 5.54 Å². The minimum atomic E-state index is -0.256. The van der Waals surface area contributed by atoms with E-state index in [1.54, 1.807) is 0 Å². The number of rotatable bonds is 3. The highest BCUT2D eigenvalue weighted by atomic mass is 14.9. The first-order chi connectivity index (χ1) is 7.63. The molecule has 1 aliphatic carbocycles. The summed E-state index contributed by atoms with van der Waals surface area (Å²) in [6.07, 6.45) is 5.77. The van der Waals surface area contributed by atoms with Crippen molar-refractivity contribution in [2.45, 2.75) is 18.4 Å². The van der Waals surface area contributed by atoms with Gasteiger partial charge in [-0.05, 0) is 44.1 Å². The van der Waals surface area contributed by atoms with E-state index in [0.29, 0.717) is 5.82 Å². The lowest BCUT2D eigenvalue weighted by Crippen LogP contribution is -2.43. The molecule has 4 nitrogen and oxygen atoms in total. The SMILES string of the molecule is CNCCC1(N)C=Cc2nc(N)ccc2C1. The number of pyridine rings is 1. The van der Waals surface area contributed by atoms with E-state index in [0.717, 1.165) is 25.1 Å². The molecular weight excluding hydrogens is 200 g/mol. The van der Waals surface area contributed by atoms with Crippen LogP contribution in [0.5, 0.6) is 0 Å². The molecule has 2 rings (SSSR count). The normalized spacial score (nSPS) is 23.1. The van der Waals surface area contributed by atoms with Gasteiger partial charge in [-0.2, -0.15) is 0 Å². The van der Waals surface area contributed by atoms with Crippen molar-refractivity contribution < 1.29 is 0 Å². The van der Waals surface area contributed by atoms with Crippen LogP contribution in [0.1, 0.15) is 17.7 Å². The molecule has 0 spiro atoms. The zero-order valence-corrected chi connectivity index (χ0v) is 9.53. The molecule has 1 aromatic rings. The van der Waals surface area contributed by atoms with Gasteiger partial charge in [-0.1, -0.05) is 12.1 Å². The standard InChI is InChI=1S/C12H18N4/c1-15-7-6-12(14)5-4-10-9(8-12)2-3-11(13)16-10/h2-5,15H,6-8,14H2,1H3,(H2,13,16). The van der Waals surface area contributed by atoms with Gasteiger partial charge in [-0.15, -0.1) is 0 Å². The molecule has 1 aromatic heterocycles. The number of nitrogen functional groups attached to an aromatic ring is 1. The first-order valence-electron chi connectivity index (χ1n) is 5.51. The summed E-state index contributed by atoms with van der Waals surface area (Å²) in [6.45, 7) is 0.915. The van der Waals surface area contributed by atoms with Crippen LogP contribution < -0.4 is 16.8 Å². The van der Waals surface area contributed by atoms with E-state index >= 15 is 0 Å². The summed E-state index contributed by atoms with van der Waals surface area (Å²) in [4.78, 5) is 4.28. The molecular formula is C12H18N4. The van der Waals surface area contributed by atoms with E-state index < -0.39 is 0 Å². The topological polar surface area (TPSA) is 77.0 Å². The third-order valence-electron chi connectivity index (χ3n) is 2.97. The third kappa shape index (κ3) is 2.23. The number of nitrogens with zero attached hydrogens (tertiary/aromatic N) is 1. The highest BCUT2D eigenvalue weighted by molar-refractivity contribution is 5.57. The highest BCUT2D eigenvalue weighted by Gasteiger charge is 2.26. The fraction of sp³-hybridized carbons (Fsp3) is 0.417. The monoisotopic (exact) mass is 218 g/mol. The molecule has 0 bridgehead atoms. The second-order valence-corrected chi connectivity index (χ2v) is 4.38. The summed E-state index contributed by atoms with van der Waals surface area (Å²) in [5.74, 6) is 0.558. The second-order valence-electron chi connectivity index (χ2n) is 4.38. The fourth-order valence-corrected chi connectivity index (χ4v) is 2.00. The van der Waals surface area contributed by atoms with Crippen molar-refractivity contribution in [2.75, 3.05) is 19.3 Å². The summed E-state index contributed by atoms with van der Waals surface area (Å²) in [5.41, 5.74) is 13.8. The maximum Gasteiger partial charge on any atom is 0.124 e. The molecule has 16 heavy (non-hydrogen) atoms. The van der Waals surface area contributed by atoms with Gasteiger partial charge >= 0.3 is 0 Å². The van der Waals surface area contributed by atoms with Gasteiger partial charge in [0.25, 0.3) is 0 Å². The largest absolute Gasteiger partial charge is 0.384 e. The Labute approximate surface area is 95.7 Å². The maximum absolute atomic E-state index is 6.31. The molecule has 5 N–H and O–H groups in total. The Bertz CT molecular complexity index is 413.